The molecule has 25 heavy (non-hydrogen) atoms. The first-order valence-corrected chi connectivity index (χ1v) is 7.27. The van der Waals surface area contributed by atoms with Crippen molar-refractivity contribution in [2.75, 3.05) is 18.5 Å². The van der Waals surface area contributed by atoms with Gasteiger partial charge in [0.25, 0.3) is 0 Å². The number of hydrogen-bond acceptors (Lipinski definition) is 3. The lowest BCUT2D eigenvalue weighted by molar-refractivity contribution is -0.154. The van der Waals surface area contributed by atoms with E-state index in [1.807, 2.05) is 0 Å². The third-order valence-electron chi connectivity index (χ3n) is 2.99. The minimum Gasteiger partial charge on any atom is -0.468 e. The first kappa shape index (κ1) is 18.5. The van der Waals surface area contributed by atoms with Gasteiger partial charge in [0, 0.05) is 12.6 Å². The largest absolute Gasteiger partial charge is 0.468 e. The molecule has 2 N–H and O–H groups in total. The molecular weight excluding hydrogens is 342 g/mol. The standard InChI is InChI=1S/C16H15F4N3O2/c17-12-3-1-11(2-4-12)7-8-21-15(24)23-13-5-6-14(22-9-13)25-10-16(18,19)20/h1-6,9H,7-8,10H2,(H2,21,23,24). The van der Waals surface area contributed by atoms with E-state index in [4.69, 9.17) is 0 Å². The van der Waals surface area contributed by atoms with Gasteiger partial charge in [-0.05, 0) is 30.2 Å². The maximum absolute atomic E-state index is 12.8. The summed E-state index contributed by atoms with van der Waals surface area (Å²) in [4.78, 5) is 15.4. The van der Waals surface area contributed by atoms with Crippen molar-refractivity contribution < 1.29 is 27.1 Å². The van der Waals surface area contributed by atoms with Crippen LogP contribution in [-0.2, 0) is 6.42 Å². The number of carbonyl (C=O) groups excluding carboxylic acids is 1. The van der Waals surface area contributed by atoms with Crippen molar-refractivity contribution in [1.29, 1.82) is 0 Å². The Morgan fingerprint density at radius 3 is 2.44 bits per heavy atom. The number of hydrogen-bond donors (Lipinski definition) is 2. The van der Waals surface area contributed by atoms with Gasteiger partial charge in [0.15, 0.2) is 6.61 Å². The first-order chi connectivity index (χ1) is 11.8. The molecule has 9 heteroatoms. The number of alkyl halides is 3. The van der Waals surface area contributed by atoms with Crippen LogP contribution in [0.15, 0.2) is 42.6 Å². The van der Waals surface area contributed by atoms with Gasteiger partial charge in [-0.2, -0.15) is 13.2 Å². The van der Waals surface area contributed by atoms with Crippen LogP contribution in [0.25, 0.3) is 0 Å². The molecule has 0 saturated carbocycles. The number of urea groups is 1. The zero-order chi connectivity index (χ0) is 18.3. The average Bonchev–Trinajstić information content (AvgIpc) is 2.55. The van der Waals surface area contributed by atoms with Gasteiger partial charge >= 0.3 is 12.2 Å². The fourth-order valence-electron chi connectivity index (χ4n) is 1.84. The number of rotatable bonds is 6. The number of aromatic nitrogens is 1. The third-order valence-corrected chi connectivity index (χ3v) is 2.99. The summed E-state index contributed by atoms with van der Waals surface area (Å²) in [5, 5.41) is 5.09. The van der Waals surface area contributed by atoms with Crippen LogP contribution in [0.1, 0.15) is 5.56 Å². The molecule has 0 aliphatic rings. The number of nitrogens with zero attached hydrogens (tertiary/aromatic N) is 1. The number of benzene rings is 1. The van der Waals surface area contributed by atoms with Gasteiger partial charge in [-0.1, -0.05) is 12.1 Å². The van der Waals surface area contributed by atoms with Gasteiger partial charge in [-0.25, -0.2) is 14.2 Å². The monoisotopic (exact) mass is 357 g/mol. The van der Waals surface area contributed by atoms with Crippen molar-refractivity contribution >= 4 is 11.7 Å². The zero-order valence-electron chi connectivity index (χ0n) is 12.9. The van der Waals surface area contributed by atoms with Crippen molar-refractivity contribution in [3.63, 3.8) is 0 Å². The van der Waals surface area contributed by atoms with Gasteiger partial charge in [-0.3, -0.25) is 0 Å². The van der Waals surface area contributed by atoms with Crippen LogP contribution in [0.3, 0.4) is 0 Å². The number of anilines is 1. The van der Waals surface area contributed by atoms with E-state index in [-0.39, 0.29) is 11.7 Å². The number of pyridine rings is 1. The van der Waals surface area contributed by atoms with E-state index in [9.17, 15) is 22.4 Å². The Morgan fingerprint density at radius 1 is 1.12 bits per heavy atom. The van der Waals surface area contributed by atoms with Crippen LogP contribution in [0, 0.1) is 5.82 Å². The second kappa shape index (κ2) is 8.32. The summed E-state index contributed by atoms with van der Waals surface area (Å²) in [7, 11) is 0. The maximum atomic E-state index is 12.8. The summed E-state index contributed by atoms with van der Waals surface area (Å²) in [6.45, 7) is -1.10. The van der Waals surface area contributed by atoms with E-state index >= 15 is 0 Å². The number of halogens is 4. The molecule has 2 rings (SSSR count). The van der Waals surface area contributed by atoms with Crippen molar-refractivity contribution in [2.45, 2.75) is 12.6 Å². The Bertz CT molecular complexity index is 688. The predicted octanol–water partition coefficient (Wildman–Crippen LogP) is 3.53. The Balaban J connectivity index is 1.73. The molecule has 0 atom stereocenters. The van der Waals surface area contributed by atoms with Gasteiger partial charge in [0.2, 0.25) is 5.88 Å². The van der Waals surface area contributed by atoms with Crippen LogP contribution >= 0.6 is 0 Å². The molecule has 0 aliphatic heterocycles. The highest BCUT2D eigenvalue weighted by Gasteiger charge is 2.28. The lowest BCUT2D eigenvalue weighted by Crippen LogP contribution is -2.30. The quantitative estimate of drug-likeness (QED) is 0.778. The molecule has 1 aromatic carbocycles. The molecule has 1 heterocycles. The molecule has 0 saturated heterocycles. The molecular formula is C16H15F4N3O2. The fraction of sp³-hybridized carbons (Fsp3) is 0.250. The molecule has 2 amide bonds. The van der Waals surface area contributed by atoms with E-state index in [1.54, 1.807) is 12.1 Å². The number of ether oxygens (including phenoxy) is 1. The highest BCUT2D eigenvalue weighted by molar-refractivity contribution is 5.88. The van der Waals surface area contributed by atoms with Gasteiger partial charge in [0.1, 0.15) is 5.82 Å². The second-order valence-electron chi connectivity index (χ2n) is 5.05. The Kier molecular flexibility index (Phi) is 6.15. The lowest BCUT2D eigenvalue weighted by Gasteiger charge is -2.10. The summed E-state index contributed by atoms with van der Waals surface area (Å²) in [5.74, 6) is -0.524. The van der Waals surface area contributed by atoms with Gasteiger partial charge < -0.3 is 15.4 Å². The molecule has 5 nitrogen and oxygen atoms in total. The number of nitrogens with one attached hydrogen (secondary N) is 2. The number of amides is 2. The van der Waals surface area contributed by atoms with Crippen LogP contribution in [0.5, 0.6) is 5.88 Å². The van der Waals surface area contributed by atoms with E-state index in [1.165, 1.54) is 30.5 Å². The van der Waals surface area contributed by atoms with E-state index in [0.717, 1.165) is 5.56 Å². The molecule has 0 bridgehead atoms. The Morgan fingerprint density at radius 2 is 1.84 bits per heavy atom. The summed E-state index contributed by atoms with van der Waals surface area (Å²) in [6.07, 6.45) is -2.73. The van der Waals surface area contributed by atoms with Crippen molar-refractivity contribution in [2.24, 2.45) is 0 Å². The van der Waals surface area contributed by atoms with Crippen LogP contribution in [0.4, 0.5) is 28.0 Å². The highest BCUT2D eigenvalue weighted by atomic mass is 19.4. The second-order valence-corrected chi connectivity index (χ2v) is 5.05. The first-order valence-electron chi connectivity index (χ1n) is 7.27. The SMILES string of the molecule is O=C(NCCc1ccc(F)cc1)Nc1ccc(OCC(F)(F)F)nc1. The van der Waals surface area contributed by atoms with Crippen LogP contribution in [0.2, 0.25) is 0 Å². The van der Waals surface area contributed by atoms with Crippen molar-refractivity contribution in [3.05, 3.63) is 54.0 Å². The smallest absolute Gasteiger partial charge is 0.422 e. The maximum Gasteiger partial charge on any atom is 0.422 e. The molecule has 0 unspecified atom stereocenters. The fourth-order valence-corrected chi connectivity index (χ4v) is 1.84. The lowest BCUT2D eigenvalue weighted by atomic mass is 10.1. The third kappa shape index (κ3) is 7.06. The van der Waals surface area contributed by atoms with Gasteiger partial charge in [-0.15, -0.1) is 0 Å². The molecule has 0 spiro atoms. The minimum atomic E-state index is -4.44. The normalized spacial score (nSPS) is 11.0. The number of carbonyl (C=O) groups is 1. The zero-order valence-corrected chi connectivity index (χ0v) is 12.9. The van der Waals surface area contributed by atoms with Gasteiger partial charge in [0.05, 0.1) is 11.9 Å². The molecule has 0 fully saturated rings. The molecule has 0 radical (unpaired) electrons. The molecule has 0 aliphatic carbocycles. The molecule has 1 aromatic heterocycles. The topological polar surface area (TPSA) is 63.2 Å². The molecule has 2 aromatic rings. The predicted molar refractivity (Wildman–Crippen MR) is 82.9 cm³/mol. The Labute approximate surface area is 141 Å². The summed E-state index contributed by atoms with van der Waals surface area (Å²) in [6, 6.07) is 8.02. The van der Waals surface area contributed by atoms with Crippen molar-refractivity contribution in [3.8, 4) is 5.88 Å². The summed E-state index contributed by atoms with van der Waals surface area (Å²) < 4.78 is 53.3. The van der Waals surface area contributed by atoms with E-state index < -0.39 is 18.8 Å². The molecule has 134 valence electrons. The van der Waals surface area contributed by atoms with Crippen molar-refractivity contribution in [1.82, 2.24) is 10.3 Å². The van der Waals surface area contributed by atoms with Crippen LogP contribution < -0.4 is 15.4 Å². The minimum absolute atomic E-state index is 0.195. The van der Waals surface area contributed by atoms with E-state index in [2.05, 4.69) is 20.4 Å². The van der Waals surface area contributed by atoms with Crippen LogP contribution in [-0.4, -0.2) is 30.3 Å². The summed E-state index contributed by atoms with van der Waals surface area (Å²) >= 11 is 0. The average molecular weight is 357 g/mol. The Hall–Kier alpha value is -2.84. The summed E-state index contributed by atoms with van der Waals surface area (Å²) in [5.41, 5.74) is 1.17. The highest BCUT2D eigenvalue weighted by Crippen LogP contribution is 2.17. The van der Waals surface area contributed by atoms with E-state index in [0.29, 0.717) is 18.7 Å².